The molecule has 0 unspecified atom stereocenters. The van der Waals surface area contributed by atoms with Crippen LogP contribution in [0.2, 0.25) is 12.1 Å². The molecule has 0 radical (unpaired) electrons. The maximum absolute atomic E-state index is 6.83. The molecule has 0 aliphatic heterocycles. The molecule has 0 bridgehead atoms. The smallest absolute Gasteiger partial charge is 0.374 e. The molecular formula is C21H50N2O6Si2. The fourth-order valence-electron chi connectivity index (χ4n) is 3.97. The summed E-state index contributed by atoms with van der Waals surface area (Å²) in [6.07, 6.45) is 3.52. The Morgan fingerprint density at radius 3 is 1.13 bits per heavy atom. The molecule has 0 aromatic carbocycles. The quantitative estimate of drug-likeness (QED) is 0.226. The molecule has 0 heterocycles. The molecular weight excluding hydrogens is 432 g/mol. The van der Waals surface area contributed by atoms with E-state index in [-0.39, 0.29) is 5.54 Å². The maximum Gasteiger partial charge on any atom is 0.500 e. The Hall–Kier alpha value is 0.114. The van der Waals surface area contributed by atoms with Crippen molar-refractivity contribution >= 4 is 17.6 Å². The van der Waals surface area contributed by atoms with Crippen LogP contribution >= 0.6 is 0 Å². The van der Waals surface area contributed by atoms with E-state index in [0.717, 1.165) is 44.3 Å². The molecule has 3 N–H and O–H groups in total. The van der Waals surface area contributed by atoms with Crippen molar-refractivity contribution in [3.05, 3.63) is 0 Å². The van der Waals surface area contributed by atoms with Gasteiger partial charge in [0.1, 0.15) is 0 Å². The third-order valence-electron chi connectivity index (χ3n) is 5.03. The van der Waals surface area contributed by atoms with Crippen molar-refractivity contribution in [2.24, 2.45) is 5.73 Å². The van der Waals surface area contributed by atoms with Gasteiger partial charge in [-0.15, -0.1) is 0 Å². The summed E-state index contributed by atoms with van der Waals surface area (Å²) in [5, 5.41) is 3.26. The summed E-state index contributed by atoms with van der Waals surface area (Å²) >= 11 is 0. The van der Waals surface area contributed by atoms with E-state index in [1.807, 2.05) is 48.6 Å². The first-order valence-corrected chi connectivity index (χ1v) is 16.0. The fraction of sp³-hybridized carbons (Fsp3) is 1.00. The topological polar surface area (TPSA) is 93.4 Å². The Kier molecular flexibility index (Phi) is 17.6. The lowest BCUT2D eigenvalue weighted by Gasteiger charge is -2.34. The van der Waals surface area contributed by atoms with Crippen LogP contribution in [0, 0.1) is 0 Å². The zero-order valence-electron chi connectivity index (χ0n) is 21.2. The molecule has 0 aromatic heterocycles. The zero-order valence-corrected chi connectivity index (χ0v) is 23.2. The van der Waals surface area contributed by atoms with Crippen LogP contribution in [-0.4, -0.2) is 76.4 Å². The van der Waals surface area contributed by atoms with Crippen LogP contribution < -0.4 is 11.1 Å². The van der Waals surface area contributed by atoms with Gasteiger partial charge in [0.15, 0.2) is 0 Å². The van der Waals surface area contributed by atoms with Gasteiger partial charge in [-0.2, -0.15) is 0 Å². The van der Waals surface area contributed by atoms with E-state index in [9.17, 15) is 0 Å². The molecule has 188 valence electrons. The number of likely N-dealkylation sites (N-methyl/N-ethyl adjacent to an activating group) is 1. The molecule has 0 amide bonds. The highest BCUT2D eigenvalue weighted by molar-refractivity contribution is 6.61. The van der Waals surface area contributed by atoms with E-state index in [0.29, 0.717) is 39.6 Å². The summed E-state index contributed by atoms with van der Waals surface area (Å²) < 4.78 is 35.9. The Balaban J connectivity index is 5.01. The molecule has 0 atom stereocenters. The van der Waals surface area contributed by atoms with Gasteiger partial charge < -0.3 is 37.6 Å². The standard InChI is InChI=1S/C21H50N2O6Si2/c1-8-24-30(25-9-2,26-10-3)18-14-16-21(22,20-23-7)17-15-19-31(27-11-4,28-12-5)29-13-6/h23H,8-20,22H2,1-7H3. The zero-order chi connectivity index (χ0) is 23.6. The van der Waals surface area contributed by atoms with Crippen LogP contribution in [0.25, 0.3) is 0 Å². The molecule has 0 aliphatic rings. The summed E-state index contributed by atoms with van der Waals surface area (Å²) in [6, 6.07) is 1.56. The monoisotopic (exact) mass is 482 g/mol. The summed E-state index contributed by atoms with van der Waals surface area (Å²) in [5.74, 6) is 0. The van der Waals surface area contributed by atoms with Crippen LogP contribution in [-0.2, 0) is 26.6 Å². The van der Waals surface area contributed by atoms with Crippen LogP contribution in [0.4, 0.5) is 0 Å². The Bertz CT molecular complexity index is 369. The second-order valence-corrected chi connectivity index (χ2v) is 13.0. The molecule has 0 saturated heterocycles. The molecule has 31 heavy (non-hydrogen) atoms. The third kappa shape index (κ3) is 12.2. The number of hydrogen-bond donors (Lipinski definition) is 2. The van der Waals surface area contributed by atoms with Gasteiger partial charge in [-0.25, -0.2) is 0 Å². The molecule has 0 aromatic rings. The minimum absolute atomic E-state index is 0.329. The highest BCUT2D eigenvalue weighted by atomic mass is 28.4. The van der Waals surface area contributed by atoms with Crippen molar-refractivity contribution in [1.82, 2.24) is 5.32 Å². The minimum Gasteiger partial charge on any atom is -0.374 e. The van der Waals surface area contributed by atoms with Crippen molar-refractivity contribution in [2.75, 3.05) is 53.2 Å². The second kappa shape index (κ2) is 17.6. The van der Waals surface area contributed by atoms with Crippen molar-refractivity contribution in [1.29, 1.82) is 0 Å². The SMILES string of the molecule is CCO[Si](CCCC(N)(CCC[Si](OCC)(OCC)OCC)CNC)(OCC)OCC. The summed E-state index contributed by atoms with van der Waals surface area (Å²) in [4.78, 5) is 0. The molecule has 10 heteroatoms. The summed E-state index contributed by atoms with van der Waals surface area (Å²) in [5.41, 5.74) is 6.51. The van der Waals surface area contributed by atoms with Crippen molar-refractivity contribution in [2.45, 2.75) is 84.9 Å². The first-order valence-electron chi connectivity index (χ1n) is 12.1. The lowest BCUT2D eigenvalue weighted by molar-refractivity contribution is 0.0700. The van der Waals surface area contributed by atoms with Crippen molar-refractivity contribution < 1.29 is 26.6 Å². The average molecular weight is 483 g/mol. The number of nitrogens with two attached hydrogens (primary N) is 1. The minimum atomic E-state index is -2.64. The highest BCUT2D eigenvalue weighted by Crippen LogP contribution is 2.27. The normalized spacial score (nSPS) is 13.2. The van der Waals surface area contributed by atoms with Gasteiger partial charge in [0.25, 0.3) is 0 Å². The van der Waals surface area contributed by atoms with E-state index in [1.54, 1.807) is 0 Å². The largest absolute Gasteiger partial charge is 0.500 e. The average Bonchev–Trinajstić information content (AvgIpc) is 2.69. The van der Waals surface area contributed by atoms with E-state index in [4.69, 9.17) is 32.3 Å². The maximum atomic E-state index is 6.83. The Morgan fingerprint density at radius 2 is 0.903 bits per heavy atom. The predicted octanol–water partition coefficient (Wildman–Crippen LogP) is 3.56. The first-order chi connectivity index (χ1) is 14.8. The van der Waals surface area contributed by atoms with E-state index in [1.165, 1.54) is 0 Å². The predicted molar refractivity (Wildman–Crippen MR) is 130 cm³/mol. The summed E-state index contributed by atoms with van der Waals surface area (Å²) in [6.45, 7) is 16.2. The molecule has 0 fully saturated rings. The van der Waals surface area contributed by atoms with Crippen molar-refractivity contribution in [3.8, 4) is 0 Å². The van der Waals surface area contributed by atoms with Crippen LogP contribution in [0.5, 0.6) is 0 Å². The molecule has 0 rings (SSSR count). The first kappa shape index (κ1) is 31.1. The van der Waals surface area contributed by atoms with Gasteiger partial charge in [-0.1, -0.05) is 0 Å². The van der Waals surface area contributed by atoms with Gasteiger partial charge in [-0.3, -0.25) is 0 Å². The van der Waals surface area contributed by atoms with Gasteiger partial charge in [-0.05, 0) is 74.3 Å². The second-order valence-electron chi connectivity index (χ2n) is 7.56. The van der Waals surface area contributed by atoms with E-state index in [2.05, 4.69) is 5.32 Å². The van der Waals surface area contributed by atoms with Crippen LogP contribution in [0.1, 0.15) is 67.2 Å². The summed E-state index contributed by atoms with van der Waals surface area (Å²) in [7, 11) is -3.34. The molecule has 8 nitrogen and oxygen atoms in total. The number of rotatable bonds is 22. The van der Waals surface area contributed by atoms with Crippen molar-refractivity contribution in [3.63, 3.8) is 0 Å². The number of nitrogens with one attached hydrogen (secondary N) is 1. The molecule has 0 aliphatic carbocycles. The van der Waals surface area contributed by atoms with Crippen LogP contribution in [0.15, 0.2) is 0 Å². The lowest BCUT2D eigenvalue weighted by atomic mass is 9.90. The van der Waals surface area contributed by atoms with E-state index < -0.39 is 17.6 Å². The molecule has 0 saturated carbocycles. The number of hydrogen-bond acceptors (Lipinski definition) is 8. The fourth-order valence-corrected chi connectivity index (χ4v) is 9.19. The van der Waals surface area contributed by atoms with Gasteiger partial charge >= 0.3 is 17.6 Å². The Morgan fingerprint density at radius 1 is 0.613 bits per heavy atom. The van der Waals surface area contributed by atoms with E-state index >= 15 is 0 Å². The van der Waals surface area contributed by atoms with Crippen LogP contribution in [0.3, 0.4) is 0 Å². The van der Waals surface area contributed by atoms with Gasteiger partial charge in [0.2, 0.25) is 0 Å². The highest BCUT2D eigenvalue weighted by Gasteiger charge is 2.42. The third-order valence-corrected chi connectivity index (χ3v) is 11.3. The van der Waals surface area contributed by atoms with Gasteiger partial charge in [0, 0.05) is 63.8 Å². The van der Waals surface area contributed by atoms with Gasteiger partial charge in [0.05, 0.1) is 0 Å². The Labute approximate surface area is 193 Å². The lowest BCUT2D eigenvalue weighted by Crippen LogP contribution is -2.50. The molecule has 0 spiro atoms.